The molecule has 0 bridgehead atoms. The van der Waals surface area contributed by atoms with E-state index in [1.165, 1.54) is 4.31 Å². The number of hydrogen-bond donors (Lipinski definition) is 1. The minimum absolute atomic E-state index is 0.115. The molecule has 1 heterocycles. The van der Waals surface area contributed by atoms with Gasteiger partial charge in [-0.15, -0.1) is 0 Å². The first-order chi connectivity index (χ1) is 15.5. The van der Waals surface area contributed by atoms with Gasteiger partial charge in [0.15, 0.2) is 6.10 Å². The van der Waals surface area contributed by atoms with Crippen molar-refractivity contribution in [2.75, 3.05) is 23.3 Å². The van der Waals surface area contributed by atoms with Crippen molar-refractivity contribution in [2.24, 2.45) is 0 Å². The van der Waals surface area contributed by atoms with Crippen LogP contribution >= 0.6 is 0 Å². The molecular formula is C24H24N2O5S. The quantitative estimate of drug-likeness (QED) is 0.592. The first-order valence-corrected chi connectivity index (χ1v) is 11.8. The molecule has 1 aliphatic rings. The Hall–Kier alpha value is -3.36. The molecule has 0 fully saturated rings. The number of hydrogen-bond acceptors (Lipinski definition) is 5. The maximum Gasteiger partial charge on any atom is 0.267 e. The molecule has 0 unspecified atom stereocenters. The lowest BCUT2D eigenvalue weighted by Gasteiger charge is -2.34. The van der Waals surface area contributed by atoms with Crippen LogP contribution in [0.25, 0.3) is 0 Å². The van der Waals surface area contributed by atoms with Gasteiger partial charge in [-0.05, 0) is 35.4 Å². The van der Waals surface area contributed by atoms with E-state index in [4.69, 9.17) is 9.47 Å². The van der Waals surface area contributed by atoms with E-state index in [1.54, 1.807) is 61.7 Å². The molecule has 1 N–H and O–H groups in total. The Bertz CT molecular complexity index is 1200. The highest BCUT2D eigenvalue weighted by molar-refractivity contribution is 7.92. The number of benzene rings is 3. The molecule has 0 radical (unpaired) electrons. The molecule has 0 saturated heterocycles. The SMILES string of the molecule is COCc1cccc(NC(=O)[C@H]2CN(S(=O)(=O)Cc3ccccc3)c3ccccc3O2)c1. The van der Waals surface area contributed by atoms with Crippen molar-refractivity contribution in [3.63, 3.8) is 0 Å². The van der Waals surface area contributed by atoms with Crippen LogP contribution in [0.4, 0.5) is 11.4 Å². The molecular weight excluding hydrogens is 428 g/mol. The van der Waals surface area contributed by atoms with Gasteiger partial charge < -0.3 is 14.8 Å². The molecule has 0 aromatic heterocycles. The highest BCUT2D eigenvalue weighted by Gasteiger charge is 2.36. The Morgan fingerprint density at radius 2 is 1.75 bits per heavy atom. The first kappa shape index (κ1) is 21.9. The van der Waals surface area contributed by atoms with Crippen molar-refractivity contribution in [2.45, 2.75) is 18.5 Å². The number of anilines is 2. The minimum Gasteiger partial charge on any atom is -0.476 e. The summed E-state index contributed by atoms with van der Waals surface area (Å²) in [5.74, 6) is -0.243. The molecule has 0 saturated carbocycles. The highest BCUT2D eigenvalue weighted by atomic mass is 32.2. The Kier molecular flexibility index (Phi) is 6.43. The smallest absolute Gasteiger partial charge is 0.267 e. The Labute approximate surface area is 187 Å². The molecule has 32 heavy (non-hydrogen) atoms. The van der Waals surface area contributed by atoms with E-state index >= 15 is 0 Å². The standard InChI is InChI=1S/C24H24N2O5S/c1-30-16-19-10-7-11-20(14-19)25-24(27)23-15-26(21-12-5-6-13-22(21)31-23)32(28,29)17-18-8-3-2-4-9-18/h2-14,23H,15-17H2,1H3,(H,25,27)/t23-/m1/s1. The topological polar surface area (TPSA) is 84.9 Å². The number of fused-ring (bicyclic) bond motifs is 1. The van der Waals surface area contributed by atoms with Gasteiger partial charge in [0.2, 0.25) is 10.0 Å². The van der Waals surface area contributed by atoms with Gasteiger partial charge in [-0.2, -0.15) is 0 Å². The van der Waals surface area contributed by atoms with Gasteiger partial charge in [-0.3, -0.25) is 9.10 Å². The number of carbonyl (C=O) groups excluding carboxylic acids is 1. The van der Waals surface area contributed by atoms with Crippen molar-refractivity contribution in [3.8, 4) is 5.75 Å². The van der Waals surface area contributed by atoms with Crippen LogP contribution in [0.3, 0.4) is 0 Å². The average Bonchev–Trinajstić information content (AvgIpc) is 2.79. The Morgan fingerprint density at radius 1 is 1.03 bits per heavy atom. The van der Waals surface area contributed by atoms with Crippen molar-refractivity contribution in [1.82, 2.24) is 0 Å². The number of nitrogens with zero attached hydrogens (tertiary/aromatic N) is 1. The third-order valence-electron chi connectivity index (χ3n) is 5.06. The molecule has 3 aromatic carbocycles. The third kappa shape index (κ3) is 4.92. The predicted molar refractivity (Wildman–Crippen MR) is 123 cm³/mol. The van der Waals surface area contributed by atoms with E-state index in [1.807, 2.05) is 24.3 Å². The van der Waals surface area contributed by atoms with Gasteiger partial charge in [0.05, 0.1) is 24.6 Å². The molecule has 1 atom stereocenters. The molecule has 7 nitrogen and oxygen atoms in total. The van der Waals surface area contributed by atoms with Gasteiger partial charge in [0.1, 0.15) is 5.75 Å². The van der Waals surface area contributed by atoms with Crippen molar-refractivity contribution < 1.29 is 22.7 Å². The zero-order chi connectivity index (χ0) is 22.6. The zero-order valence-electron chi connectivity index (χ0n) is 17.6. The molecule has 4 rings (SSSR count). The Balaban J connectivity index is 1.58. The molecule has 166 valence electrons. The van der Waals surface area contributed by atoms with Crippen LogP contribution in [0.15, 0.2) is 78.9 Å². The maximum atomic E-state index is 13.3. The number of sulfonamides is 1. The maximum absolute atomic E-state index is 13.3. The van der Waals surface area contributed by atoms with Crippen LogP contribution in [-0.2, 0) is 31.9 Å². The fourth-order valence-corrected chi connectivity index (χ4v) is 5.18. The number of rotatable bonds is 7. The van der Waals surface area contributed by atoms with Gasteiger partial charge in [-0.1, -0.05) is 54.6 Å². The molecule has 1 amide bonds. The molecule has 8 heteroatoms. The van der Waals surface area contributed by atoms with Gasteiger partial charge >= 0.3 is 0 Å². The summed E-state index contributed by atoms with van der Waals surface area (Å²) >= 11 is 0. The van der Waals surface area contributed by atoms with Crippen molar-refractivity contribution in [3.05, 3.63) is 90.0 Å². The molecule has 0 aliphatic carbocycles. The van der Waals surface area contributed by atoms with Crippen molar-refractivity contribution in [1.29, 1.82) is 0 Å². The largest absolute Gasteiger partial charge is 0.476 e. The van der Waals surface area contributed by atoms with Crippen LogP contribution < -0.4 is 14.4 Å². The summed E-state index contributed by atoms with van der Waals surface area (Å²) in [6.07, 6.45) is -0.999. The zero-order valence-corrected chi connectivity index (χ0v) is 18.4. The fraction of sp³-hybridized carbons (Fsp3) is 0.208. The molecule has 3 aromatic rings. The van der Waals surface area contributed by atoms with Gasteiger partial charge in [0.25, 0.3) is 5.91 Å². The number of amides is 1. The highest BCUT2D eigenvalue weighted by Crippen LogP contribution is 2.36. The van der Waals surface area contributed by atoms with E-state index in [9.17, 15) is 13.2 Å². The number of ether oxygens (including phenoxy) is 2. The minimum atomic E-state index is -3.75. The Morgan fingerprint density at radius 3 is 2.53 bits per heavy atom. The second kappa shape index (κ2) is 9.42. The number of methoxy groups -OCH3 is 1. The normalized spacial score (nSPS) is 15.5. The van der Waals surface area contributed by atoms with Crippen molar-refractivity contribution >= 4 is 27.3 Å². The summed E-state index contributed by atoms with van der Waals surface area (Å²) in [6.45, 7) is 0.304. The summed E-state index contributed by atoms with van der Waals surface area (Å²) in [6, 6.07) is 23.1. The van der Waals surface area contributed by atoms with E-state index in [-0.39, 0.29) is 12.3 Å². The lowest BCUT2D eigenvalue weighted by Crippen LogP contribution is -2.49. The van der Waals surface area contributed by atoms with E-state index in [0.29, 0.717) is 29.3 Å². The second-order valence-corrected chi connectivity index (χ2v) is 9.36. The fourth-order valence-electron chi connectivity index (χ4n) is 3.59. The van der Waals surface area contributed by atoms with E-state index in [2.05, 4.69) is 5.32 Å². The predicted octanol–water partition coefficient (Wildman–Crippen LogP) is 3.57. The average molecular weight is 453 g/mol. The monoisotopic (exact) mass is 452 g/mol. The molecule has 0 spiro atoms. The van der Waals surface area contributed by atoms with Crippen LogP contribution in [0.5, 0.6) is 5.75 Å². The van der Waals surface area contributed by atoms with E-state index < -0.39 is 22.0 Å². The van der Waals surface area contributed by atoms with Crippen LogP contribution in [-0.4, -0.2) is 34.1 Å². The van der Waals surface area contributed by atoms with Crippen LogP contribution in [0.2, 0.25) is 0 Å². The third-order valence-corrected chi connectivity index (χ3v) is 6.78. The summed E-state index contributed by atoms with van der Waals surface area (Å²) in [5.41, 5.74) is 2.60. The number of carbonyl (C=O) groups is 1. The summed E-state index contributed by atoms with van der Waals surface area (Å²) in [7, 11) is -2.15. The number of nitrogens with one attached hydrogen (secondary N) is 1. The van der Waals surface area contributed by atoms with Crippen LogP contribution in [0.1, 0.15) is 11.1 Å². The van der Waals surface area contributed by atoms with E-state index in [0.717, 1.165) is 5.56 Å². The summed E-state index contributed by atoms with van der Waals surface area (Å²) < 4.78 is 38.8. The molecule has 1 aliphatic heterocycles. The lowest BCUT2D eigenvalue weighted by molar-refractivity contribution is -0.122. The van der Waals surface area contributed by atoms with Gasteiger partial charge in [0, 0.05) is 12.8 Å². The summed E-state index contributed by atoms with van der Waals surface area (Å²) in [5, 5.41) is 2.82. The summed E-state index contributed by atoms with van der Waals surface area (Å²) in [4.78, 5) is 13.0. The first-order valence-electron chi connectivity index (χ1n) is 10.1. The van der Waals surface area contributed by atoms with Crippen LogP contribution in [0, 0.1) is 0 Å². The lowest BCUT2D eigenvalue weighted by atomic mass is 10.2. The van der Waals surface area contributed by atoms with Gasteiger partial charge in [-0.25, -0.2) is 8.42 Å². The second-order valence-electron chi connectivity index (χ2n) is 7.47. The number of para-hydroxylation sites is 2.